The number of pyridine rings is 1. The van der Waals surface area contributed by atoms with Gasteiger partial charge in [0.05, 0.1) is 12.8 Å². The first kappa shape index (κ1) is 14.1. The Morgan fingerprint density at radius 2 is 2.10 bits per heavy atom. The number of carboxylic acids is 1. The average Bonchev–Trinajstić information content (AvgIpc) is 2.45. The second-order valence-corrected chi connectivity index (χ2v) is 4.45. The lowest BCUT2D eigenvalue weighted by atomic mass is 10.2. The highest BCUT2D eigenvalue weighted by atomic mass is 35.5. The van der Waals surface area contributed by atoms with Gasteiger partial charge in [-0.1, -0.05) is 23.7 Å². The number of nitrogens with zero attached hydrogens (tertiary/aromatic N) is 1. The fourth-order valence-corrected chi connectivity index (χ4v) is 1.85. The third kappa shape index (κ3) is 3.39. The molecule has 0 fully saturated rings. The number of anilines is 1. The summed E-state index contributed by atoms with van der Waals surface area (Å²) in [7, 11) is 1.60. The summed E-state index contributed by atoms with van der Waals surface area (Å²) in [4.78, 5) is 14.9. The van der Waals surface area contributed by atoms with Gasteiger partial charge in [0, 0.05) is 12.7 Å². The van der Waals surface area contributed by atoms with E-state index in [0.29, 0.717) is 12.2 Å². The van der Waals surface area contributed by atoms with Crippen molar-refractivity contribution in [2.75, 3.05) is 12.4 Å². The quantitative estimate of drug-likeness (QED) is 0.829. The Balaban J connectivity index is 2.13. The van der Waals surface area contributed by atoms with E-state index in [1.165, 1.54) is 12.3 Å². The van der Waals surface area contributed by atoms with Crippen LogP contribution in [0, 0.1) is 0 Å². The van der Waals surface area contributed by atoms with E-state index in [9.17, 15) is 4.79 Å². The minimum atomic E-state index is -1.05. The van der Waals surface area contributed by atoms with E-state index in [2.05, 4.69) is 10.3 Å². The molecule has 0 aliphatic rings. The molecule has 1 aromatic heterocycles. The number of hydrogen-bond acceptors (Lipinski definition) is 4. The Morgan fingerprint density at radius 3 is 2.70 bits per heavy atom. The van der Waals surface area contributed by atoms with Crippen LogP contribution in [-0.4, -0.2) is 23.2 Å². The third-order valence-corrected chi connectivity index (χ3v) is 2.95. The van der Waals surface area contributed by atoms with E-state index < -0.39 is 5.97 Å². The number of hydrogen-bond donors (Lipinski definition) is 2. The largest absolute Gasteiger partial charge is 0.497 e. The van der Waals surface area contributed by atoms with Gasteiger partial charge in [-0.05, 0) is 23.8 Å². The van der Waals surface area contributed by atoms with Crippen molar-refractivity contribution in [3.63, 3.8) is 0 Å². The molecule has 2 N–H and O–H groups in total. The zero-order chi connectivity index (χ0) is 14.5. The van der Waals surface area contributed by atoms with Crippen molar-refractivity contribution in [2.45, 2.75) is 6.54 Å². The molecular formula is C14H13ClN2O3. The Kier molecular flexibility index (Phi) is 4.42. The molecule has 5 nitrogen and oxygen atoms in total. The molecule has 2 aromatic rings. The topological polar surface area (TPSA) is 71.5 Å². The van der Waals surface area contributed by atoms with Gasteiger partial charge in [0.15, 0.2) is 0 Å². The van der Waals surface area contributed by atoms with Crippen molar-refractivity contribution in [3.05, 3.63) is 52.8 Å². The van der Waals surface area contributed by atoms with E-state index in [1.54, 1.807) is 7.11 Å². The van der Waals surface area contributed by atoms with Crippen molar-refractivity contribution in [2.24, 2.45) is 0 Å². The van der Waals surface area contributed by atoms with Crippen molar-refractivity contribution in [1.29, 1.82) is 0 Å². The van der Waals surface area contributed by atoms with Crippen LogP contribution < -0.4 is 10.1 Å². The first-order valence-electron chi connectivity index (χ1n) is 5.86. The highest BCUT2D eigenvalue weighted by Crippen LogP contribution is 2.20. The van der Waals surface area contributed by atoms with Crippen LogP contribution in [-0.2, 0) is 6.54 Å². The summed E-state index contributed by atoms with van der Waals surface area (Å²) in [6.45, 7) is 0.477. The van der Waals surface area contributed by atoms with Crippen LogP contribution in [0.1, 0.15) is 15.9 Å². The number of methoxy groups -OCH3 is 1. The predicted molar refractivity (Wildman–Crippen MR) is 76.5 cm³/mol. The average molecular weight is 293 g/mol. The lowest BCUT2D eigenvalue weighted by molar-refractivity contribution is 0.0697. The molecule has 0 radical (unpaired) electrons. The van der Waals surface area contributed by atoms with Gasteiger partial charge in [0.25, 0.3) is 0 Å². The van der Waals surface area contributed by atoms with Crippen LogP contribution in [0.25, 0.3) is 0 Å². The first-order chi connectivity index (χ1) is 9.60. The Bertz CT molecular complexity index is 614. The number of aromatic carboxylic acids is 1. The number of carbonyl (C=O) groups is 1. The van der Waals surface area contributed by atoms with Gasteiger partial charge < -0.3 is 15.2 Å². The SMILES string of the molecule is COc1ccc(CNc2cc(Cl)ncc2C(=O)O)cc1. The summed E-state index contributed by atoms with van der Waals surface area (Å²) in [5.41, 5.74) is 1.52. The number of aromatic nitrogens is 1. The van der Waals surface area contributed by atoms with Crippen LogP contribution >= 0.6 is 11.6 Å². The number of benzene rings is 1. The van der Waals surface area contributed by atoms with E-state index in [0.717, 1.165) is 11.3 Å². The summed E-state index contributed by atoms with van der Waals surface area (Å²) in [6, 6.07) is 8.97. The molecule has 20 heavy (non-hydrogen) atoms. The van der Waals surface area contributed by atoms with Crippen molar-refractivity contribution in [1.82, 2.24) is 4.98 Å². The lowest BCUT2D eigenvalue weighted by Crippen LogP contribution is -2.07. The lowest BCUT2D eigenvalue weighted by Gasteiger charge is -2.10. The summed E-state index contributed by atoms with van der Waals surface area (Å²) in [5.74, 6) is -0.279. The summed E-state index contributed by atoms with van der Waals surface area (Å²) < 4.78 is 5.07. The number of rotatable bonds is 5. The molecule has 0 amide bonds. The molecule has 0 saturated heterocycles. The van der Waals surface area contributed by atoms with Crippen molar-refractivity contribution >= 4 is 23.3 Å². The minimum absolute atomic E-state index is 0.0860. The fraction of sp³-hybridized carbons (Fsp3) is 0.143. The van der Waals surface area contributed by atoms with E-state index in [4.69, 9.17) is 21.4 Å². The Morgan fingerprint density at radius 1 is 1.40 bits per heavy atom. The maximum Gasteiger partial charge on any atom is 0.339 e. The first-order valence-corrected chi connectivity index (χ1v) is 6.23. The van der Waals surface area contributed by atoms with Gasteiger partial charge in [0.1, 0.15) is 16.5 Å². The number of halogens is 1. The molecule has 0 unspecified atom stereocenters. The van der Waals surface area contributed by atoms with Crippen LogP contribution in [0.15, 0.2) is 36.5 Å². The van der Waals surface area contributed by atoms with Crippen LogP contribution in [0.3, 0.4) is 0 Å². The van der Waals surface area contributed by atoms with Crippen LogP contribution in [0.4, 0.5) is 5.69 Å². The standard InChI is InChI=1S/C14H13ClN2O3/c1-20-10-4-2-9(3-5-10)7-16-12-6-13(15)17-8-11(12)14(18)19/h2-6,8H,7H2,1H3,(H,16,17)(H,18,19). The molecule has 104 valence electrons. The highest BCUT2D eigenvalue weighted by Gasteiger charge is 2.11. The molecule has 1 aromatic carbocycles. The molecule has 0 spiro atoms. The number of ether oxygens (including phenoxy) is 1. The smallest absolute Gasteiger partial charge is 0.339 e. The van der Waals surface area contributed by atoms with E-state index in [-0.39, 0.29) is 10.7 Å². The molecule has 1 heterocycles. The second-order valence-electron chi connectivity index (χ2n) is 4.06. The van der Waals surface area contributed by atoms with Gasteiger partial charge in [-0.2, -0.15) is 0 Å². The molecule has 0 saturated carbocycles. The molecule has 0 aliphatic carbocycles. The number of nitrogens with one attached hydrogen (secondary N) is 1. The molecule has 6 heteroatoms. The van der Waals surface area contributed by atoms with Crippen LogP contribution in [0.2, 0.25) is 5.15 Å². The Labute approximate surface area is 121 Å². The molecule has 2 rings (SSSR count). The maximum absolute atomic E-state index is 11.1. The summed E-state index contributed by atoms with van der Waals surface area (Å²) in [6.07, 6.45) is 1.24. The second kappa shape index (κ2) is 6.25. The molecule has 0 bridgehead atoms. The zero-order valence-corrected chi connectivity index (χ0v) is 11.5. The van der Waals surface area contributed by atoms with Crippen LogP contribution in [0.5, 0.6) is 5.75 Å². The molecule has 0 aliphatic heterocycles. The summed E-state index contributed by atoms with van der Waals surface area (Å²) >= 11 is 5.78. The maximum atomic E-state index is 11.1. The third-order valence-electron chi connectivity index (χ3n) is 2.74. The van der Waals surface area contributed by atoms with Crippen molar-refractivity contribution < 1.29 is 14.6 Å². The van der Waals surface area contributed by atoms with Crippen molar-refractivity contribution in [3.8, 4) is 5.75 Å². The number of carboxylic acid groups (broad SMARTS) is 1. The van der Waals surface area contributed by atoms with Gasteiger partial charge in [-0.15, -0.1) is 0 Å². The predicted octanol–water partition coefficient (Wildman–Crippen LogP) is 3.05. The van der Waals surface area contributed by atoms with Gasteiger partial charge in [-0.25, -0.2) is 9.78 Å². The highest BCUT2D eigenvalue weighted by molar-refractivity contribution is 6.29. The van der Waals surface area contributed by atoms with E-state index in [1.807, 2.05) is 24.3 Å². The zero-order valence-electron chi connectivity index (χ0n) is 10.8. The van der Waals surface area contributed by atoms with Gasteiger partial charge >= 0.3 is 5.97 Å². The fourth-order valence-electron chi connectivity index (χ4n) is 1.69. The van der Waals surface area contributed by atoms with E-state index >= 15 is 0 Å². The molecular weight excluding hydrogens is 280 g/mol. The van der Waals surface area contributed by atoms with Gasteiger partial charge in [-0.3, -0.25) is 0 Å². The Hall–Kier alpha value is -2.27. The summed E-state index contributed by atoms with van der Waals surface area (Å²) in [5, 5.41) is 12.4. The molecule has 0 atom stereocenters. The normalized spacial score (nSPS) is 10.1. The minimum Gasteiger partial charge on any atom is -0.497 e. The van der Waals surface area contributed by atoms with Gasteiger partial charge in [0.2, 0.25) is 0 Å². The monoisotopic (exact) mass is 292 g/mol.